The summed E-state index contributed by atoms with van der Waals surface area (Å²) in [6.07, 6.45) is -0.602. The maximum absolute atomic E-state index is 13.1. The summed E-state index contributed by atoms with van der Waals surface area (Å²) >= 11 is 13.0. The number of hydrogen-bond donors (Lipinski definition) is 1. The number of aryl methyl sites for hydroxylation is 1. The summed E-state index contributed by atoms with van der Waals surface area (Å²) < 4.78 is 1.70. The zero-order chi connectivity index (χ0) is 27.5. The van der Waals surface area contributed by atoms with Crippen molar-refractivity contribution in [2.24, 2.45) is 0 Å². The summed E-state index contributed by atoms with van der Waals surface area (Å²) in [5.74, 6) is -2.30. The van der Waals surface area contributed by atoms with Crippen LogP contribution in [0.2, 0.25) is 10.0 Å². The molecule has 0 fully saturated rings. The number of anilines is 1. The molecule has 194 valence electrons. The van der Waals surface area contributed by atoms with Gasteiger partial charge in [0.05, 0.1) is 38.4 Å². The lowest BCUT2D eigenvalue weighted by atomic mass is 10.1. The summed E-state index contributed by atoms with van der Waals surface area (Å²) in [5.41, 5.74) is 4.18. The largest absolute Gasteiger partial charge is 0.319 e. The van der Waals surface area contributed by atoms with E-state index in [0.29, 0.717) is 21.5 Å². The number of benzene rings is 3. The van der Waals surface area contributed by atoms with E-state index >= 15 is 0 Å². The fourth-order valence-corrected chi connectivity index (χ4v) is 5.17. The van der Waals surface area contributed by atoms with Crippen LogP contribution >= 0.6 is 34.5 Å². The highest BCUT2D eigenvalue weighted by Gasteiger charge is 2.24. The fourth-order valence-electron chi connectivity index (χ4n) is 3.90. The average molecular weight is 575 g/mol. The van der Waals surface area contributed by atoms with E-state index in [-0.39, 0.29) is 9.90 Å². The van der Waals surface area contributed by atoms with E-state index in [1.807, 2.05) is 66.7 Å². The third-order valence-electron chi connectivity index (χ3n) is 5.82. The number of halogens is 2. The molecule has 0 bridgehead atoms. The molecule has 7 nitrogen and oxygen atoms in total. The highest BCUT2D eigenvalue weighted by Crippen LogP contribution is 2.32. The predicted molar refractivity (Wildman–Crippen MR) is 154 cm³/mol. The summed E-state index contributed by atoms with van der Waals surface area (Å²) in [6.45, 7) is 1.69. The minimum Gasteiger partial charge on any atom is -0.319 e. The Bertz CT molecular complexity index is 1700. The molecule has 0 radical (unpaired) electrons. The van der Waals surface area contributed by atoms with Gasteiger partial charge in [-0.1, -0.05) is 95.2 Å². The zero-order valence-electron chi connectivity index (χ0n) is 20.5. The molecule has 39 heavy (non-hydrogen) atoms. The zero-order valence-corrected chi connectivity index (χ0v) is 22.8. The van der Waals surface area contributed by atoms with Gasteiger partial charge < -0.3 is 5.32 Å². The first-order chi connectivity index (χ1) is 18.8. The van der Waals surface area contributed by atoms with Gasteiger partial charge in [0, 0.05) is 16.8 Å². The van der Waals surface area contributed by atoms with E-state index < -0.39 is 23.9 Å². The molecule has 0 saturated heterocycles. The van der Waals surface area contributed by atoms with Crippen LogP contribution in [0.25, 0.3) is 27.6 Å². The quantitative estimate of drug-likeness (QED) is 0.122. The van der Waals surface area contributed by atoms with Crippen LogP contribution in [0, 0.1) is 6.92 Å². The van der Waals surface area contributed by atoms with Crippen LogP contribution in [0.1, 0.15) is 21.8 Å². The molecule has 1 N–H and O–H groups in total. The van der Waals surface area contributed by atoms with Gasteiger partial charge in [0.15, 0.2) is 5.78 Å². The van der Waals surface area contributed by atoms with Crippen LogP contribution in [0.5, 0.6) is 0 Å². The minimum absolute atomic E-state index is 0.231. The molecular formula is C29H20Cl2N4O3S. The second-order valence-electron chi connectivity index (χ2n) is 8.58. The van der Waals surface area contributed by atoms with Crippen molar-refractivity contribution in [2.75, 3.05) is 5.32 Å². The molecule has 0 aliphatic carbocycles. The van der Waals surface area contributed by atoms with Gasteiger partial charge in [-0.15, -0.1) is 0 Å². The maximum atomic E-state index is 13.1. The lowest BCUT2D eigenvalue weighted by Crippen LogP contribution is -2.25. The van der Waals surface area contributed by atoms with Crippen LogP contribution in [0.4, 0.5) is 5.69 Å². The first-order valence-corrected chi connectivity index (χ1v) is 13.4. The van der Waals surface area contributed by atoms with E-state index in [1.165, 1.54) is 18.2 Å². The molecular weight excluding hydrogens is 555 g/mol. The predicted octanol–water partition coefficient (Wildman–Crippen LogP) is 7.06. The molecule has 0 aliphatic rings. The first-order valence-electron chi connectivity index (χ1n) is 11.8. The van der Waals surface area contributed by atoms with Crippen molar-refractivity contribution in [3.05, 3.63) is 106 Å². The highest BCUT2D eigenvalue weighted by molar-refractivity contribution is 7.16. The molecule has 0 unspecified atom stereocenters. The van der Waals surface area contributed by atoms with E-state index in [0.717, 1.165) is 33.9 Å². The smallest absolute Gasteiger partial charge is 0.292 e. The number of carbonyl (C=O) groups excluding carboxylic acids is 3. The number of nitrogens with zero attached hydrogens (tertiary/aromatic N) is 3. The molecule has 0 aliphatic heterocycles. The van der Waals surface area contributed by atoms with Crippen molar-refractivity contribution in [3.8, 4) is 27.6 Å². The molecule has 5 rings (SSSR count). The number of rotatable bonds is 8. The van der Waals surface area contributed by atoms with Crippen molar-refractivity contribution in [2.45, 2.75) is 13.3 Å². The van der Waals surface area contributed by atoms with E-state index in [4.69, 9.17) is 28.3 Å². The van der Waals surface area contributed by atoms with Gasteiger partial charge in [-0.25, -0.2) is 9.67 Å². The highest BCUT2D eigenvalue weighted by atomic mass is 35.5. The normalized spacial score (nSPS) is 10.8. The number of carbonyl (C=O) groups is 3. The van der Waals surface area contributed by atoms with Crippen LogP contribution in [-0.2, 0) is 9.59 Å². The van der Waals surface area contributed by atoms with Gasteiger partial charge in [0.2, 0.25) is 10.9 Å². The third kappa shape index (κ3) is 5.83. The van der Waals surface area contributed by atoms with E-state index in [1.54, 1.807) is 11.6 Å². The average Bonchev–Trinajstić information content (AvgIpc) is 3.56. The van der Waals surface area contributed by atoms with Crippen molar-refractivity contribution < 1.29 is 14.4 Å². The third-order valence-corrected chi connectivity index (χ3v) is 7.73. The SMILES string of the molecule is Cc1nc(-n2nc(-c3ccccc3)cc2-c2ccccc2)sc1C(=O)CC(=O)C(=O)Nc1ccc(Cl)c(Cl)c1. The second-order valence-corrected chi connectivity index (χ2v) is 10.4. The van der Waals surface area contributed by atoms with Crippen molar-refractivity contribution in [1.29, 1.82) is 0 Å². The number of hydrogen-bond acceptors (Lipinski definition) is 6. The number of Topliss-reactive ketones (excluding diaryl/α,β-unsaturated/α-hetero) is 2. The number of amides is 1. The lowest BCUT2D eigenvalue weighted by Gasteiger charge is -2.05. The molecule has 2 heterocycles. The number of thiazole rings is 1. The Morgan fingerprint density at radius 1 is 0.872 bits per heavy atom. The molecule has 2 aromatic heterocycles. The van der Waals surface area contributed by atoms with Crippen molar-refractivity contribution in [1.82, 2.24) is 14.8 Å². The summed E-state index contributed by atoms with van der Waals surface area (Å²) in [4.78, 5) is 42.9. The molecule has 3 aromatic carbocycles. The lowest BCUT2D eigenvalue weighted by molar-refractivity contribution is -0.134. The molecule has 0 atom stereocenters. The van der Waals surface area contributed by atoms with E-state index in [2.05, 4.69) is 10.3 Å². The first kappa shape index (κ1) is 26.5. The summed E-state index contributed by atoms with van der Waals surface area (Å²) in [5, 5.41) is 8.26. The standard InChI is InChI=1S/C29H20Cl2N4O3S/c1-17-27(25(36)16-26(37)28(38)33-20-12-13-21(30)22(31)14-20)39-29(32-17)35-24(19-10-6-3-7-11-19)15-23(34-35)18-8-4-2-5-9-18/h2-15H,16H2,1H3,(H,33,38). The number of aromatic nitrogens is 3. The van der Waals surface area contributed by atoms with Gasteiger partial charge in [0.25, 0.3) is 5.91 Å². The van der Waals surface area contributed by atoms with Crippen LogP contribution in [-0.4, -0.2) is 32.2 Å². The van der Waals surface area contributed by atoms with Crippen molar-refractivity contribution >= 4 is 57.7 Å². The second kappa shape index (κ2) is 11.3. The number of ketones is 2. The van der Waals surface area contributed by atoms with Crippen LogP contribution < -0.4 is 5.32 Å². The monoisotopic (exact) mass is 574 g/mol. The Hall–Kier alpha value is -4.11. The molecule has 0 saturated carbocycles. The Morgan fingerprint density at radius 3 is 2.21 bits per heavy atom. The Labute approximate surface area is 238 Å². The maximum Gasteiger partial charge on any atom is 0.292 e. The number of nitrogens with one attached hydrogen (secondary N) is 1. The molecule has 10 heteroatoms. The summed E-state index contributed by atoms with van der Waals surface area (Å²) in [7, 11) is 0. The van der Waals surface area contributed by atoms with Gasteiger partial charge >= 0.3 is 0 Å². The Morgan fingerprint density at radius 2 is 1.54 bits per heavy atom. The summed E-state index contributed by atoms with van der Waals surface area (Å²) in [6, 6.07) is 25.9. The van der Waals surface area contributed by atoms with Crippen molar-refractivity contribution in [3.63, 3.8) is 0 Å². The van der Waals surface area contributed by atoms with Gasteiger partial charge in [-0.05, 0) is 31.2 Å². The Kier molecular flexibility index (Phi) is 7.70. The van der Waals surface area contributed by atoms with Gasteiger partial charge in [0.1, 0.15) is 0 Å². The molecule has 1 amide bonds. The van der Waals surface area contributed by atoms with E-state index in [9.17, 15) is 14.4 Å². The minimum atomic E-state index is -0.921. The topological polar surface area (TPSA) is 93.9 Å². The van der Waals surface area contributed by atoms with Gasteiger partial charge in [-0.3, -0.25) is 14.4 Å². The fraction of sp³-hybridized carbons (Fsp3) is 0.0690. The Balaban J connectivity index is 1.40. The van der Waals surface area contributed by atoms with Crippen LogP contribution in [0.3, 0.4) is 0 Å². The molecule has 0 spiro atoms. The van der Waals surface area contributed by atoms with Gasteiger partial charge in [-0.2, -0.15) is 5.10 Å². The van der Waals surface area contributed by atoms with Crippen LogP contribution in [0.15, 0.2) is 84.9 Å². The molecule has 5 aromatic rings.